The van der Waals surface area contributed by atoms with Crippen LogP contribution in [0.4, 0.5) is 0 Å². The molecule has 4 nitrogen and oxygen atoms in total. The number of aliphatic hydroxyl groups is 1. The van der Waals surface area contributed by atoms with Crippen molar-refractivity contribution in [3.8, 4) is 11.8 Å². The van der Waals surface area contributed by atoms with Crippen LogP contribution in [0.3, 0.4) is 0 Å². The van der Waals surface area contributed by atoms with Crippen molar-refractivity contribution < 1.29 is 9.84 Å². The van der Waals surface area contributed by atoms with E-state index < -0.39 is 5.54 Å². The molecule has 1 aromatic rings. The first-order valence-corrected chi connectivity index (χ1v) is 6.73. The highest BCUT2D eigenvalue weighted by Gasteiger charge is 2.46. The third kappa shape index (κ3) is 3.06. The molecule has 0 heterocycles. The zero-order valence-corrected chi connectivity index (χ0v) is 11.2. The summed E-state index contributed by atoms with van der Waals surface area (Å²) < 4.78 is 5.79. The molecule has 0 aromatic heterocycles. The Labute approximate surface area is 114 Å². The summed E-state index contributed by atoms with van der Waals surface area (Å²) in [4.78, 5) is 0. The van der Waals surface area contributed by atoms with Crippen LogP contribution in [0.25, 0.3) is 0 Å². The van der Waals surface area contributed by atoms with Crippen molar-refractivity contribution in [1.82, 2.24) is 5.32 Å². The molecular weight excluding hydrogens is 240 g/mol. The summed E-state index contributed by atoms with van der Waals surface area (Å²) >= 11 is 0. The van der Waals surface area contributed by atoms with Crippen molar-refractivity contribution in [3.05, 3.63) is 29.8 Å². The fourth-order valence-electron chi connectivity index (χ4n) is 2.33. The molecule has 1 atom stereocenters. The highest BCUT2D eigenvalue weighted by molar-refractivity contribution is 5.33. The minimum Gasteiger partial charge on any atom is -0.490 e. The number of nitrogens with zero attached hydrogens (tertiary/aromatic N) is 1. The first-order valence-electron chi connectivity index (χ1n) is 6.73. The minimum atomic E-state index is -0.600. The second kappa shape index (κ2) is 6.05. The van der Waals surface area contributed by atoms with Crippen LogP contribution in [0.2, 0.25) is 0 Å². The maximum Gasteiger partial charge on any atom is 0.143 e. The smallest absolute Gasteiger partial charge is 0.143 e. The summed E-state index contributed by atoms with van der Waals surface area (Å²) in [5.41, 5.74) is 0.152. The summed E-state index contributed by atoms with van der Waals surface area (Å²) in [6.07, 6.45) is 2.15. The number of hydrogen-bond acceptors (Lipinski definition) is 4. The van der Waals surface area contributed by atoms with Gasteiger partial charge in [-0.25, -0.2) is 0 Å². The second-order valence-electron chi connectivity index (χ2n) is 4.94. The first kappa shape index (κ1) is 13.9. The molecule has 1 aliphatic rings. The second-order valence-corrected chi connectivity index (χ2v) is 4.94. The van der Waals surface area contributed by atoms with E-state index in [-0.39, 0.29) is 6.61 Å². The number of benzene rings is 1. The Balaban J connectivity index is 2.08. The van der Waals surface area contributed by atoms with Crippen LogP contribution in [0, 0.1) is 17.2 Å². The molecule has 1 saturated carbocycles. The van der Waals surface area contributed by atoms with Gasteiger partial charge in [-0.3, -0.25) is 5.32 Å². The standard InChI is InChI=1S/C15H20N2O2/c1-2-17-15(10-16,13-7-8-13)11-19-14-6-4-3-5-12(14)9-18/h3-6,13,17-18H,2,7-9,11H2,1H3. The van der Waals surface area contributed by atoms with E-state index in [0.717, 1.165) is 24.9 Å². The van der Waals surface area contributed by atoms with Crippen LogP contribution in [-0.2, 0) is 6.61 Å². The Morgan fingerprint density at radius 2 is 2.21 bits per heavy atom. The lowest BCUT2D eigenvalue weighted by Crippen LogP contribution is -2.50. The molecule has 0 spiro atoms. The molecule has 1 aliphatic carbocycles. The number of rotatable bonds is 7. The lowest BCUT2D eigenvalue weighted by Gasteiger charge is -2.27. The van der Waals surface area contributed by atoms with Gasteiger partial charge < -0.3 is 9.84 Å². The SMILES string of the molecule is CCNC(C#N)(COc1ccccc1CO)C1CC1. The van der Waals surface area contributed by atoms with Crippen LogP contribution in [0.1, 0.15) is 25.3 Å². The molecule has 1 fully saturated rings. The fourth-order valence-corrected chi connectivity index (χ4v) is 2.33. The van der Waals surface area contributed by atoms with Crippen LogP contribution in [0.15, 0.2) is 24.3 Å². The normalized spacial score (nSPS) is 17.5. The van der Waals surface area contributed by atoms with Crippen LogP contribution in [-0.4, -0.2) is 23.8 Å². The third-order valence-electron chi connectivity index (χ3n) is 3.56. The summed E-state index contributed by atoms with van der Waals surface area (Å²) in [5, 5.41) is 22.0. The molecule has 2 N–H and O–H groups in total. The molecule has 2 rings (SSSR count). The predicted molar refractivity (Wildman–Crippen MR) is 72.6 cm³/mol. The van der Waals surface area contributed by atoms with Crippen molar-refractivity contribution in [1.29, 1.82) is 5.26 Å². The molecule has 0 saturated heterocycles. The van der Waals surface area contributed by atoms with E-state index >= 15 is 0 Å². The van der Waals surface area contributed by atoms with Gasteiger partial charge in [0.25, 0.3) is 0 Å². The monoisotopic (exact) mass is 260 g/mol. The number of likely N-dealkylation sites (N-methyl/N-ethyl adjacent to an activating group) is 1. The number of nitriles is 1. The van der Waals surface area contributed by atoms with E-state index in [9.17, 15) is 10.4 Å². The summed E-state index contributed by atoms with van der Waals surface area (Å²) in [7, 11) is 0. The molecule has 19 heavy (non-hydrogen) atoms. The quantitative estimate of drug-likeness (QED) is 0.785. The van der Waals surface area contributed by atoms with Crippen molar-refractivity contribution in [3.63, 3.8) is 0 Å². The Bertz CT molecular complexity index is 465. The number of ether oxygens (including phenoxy) is 1. The zero-order valence-electron chi connectivity index (χ0n) is 11.2. The molecule has 1 unspecified atom stereocenters. The average Bonchev–Trinajstić information content (AvgIpc) is 3.29. The number of hydrogen-bond donors (Lipinski definition) is 2. The largest absolute Gasteiger partial charge is 0.490 e. The van der Waals surface area contributed by atoms with Crippen LogP contribution < -0.4 is 10.1 Å². The number of aliphatic hydroxyl groups excluding tert-OH is 1. The molecule has 1 aromatic carbocycles. The minimum absolute atomic E-state index is 0.0552. The van der Waals surface area contributed by atoms with Gasteiger partial charge in [0.05, 0.1) is 12.7 Å². The molecule has 0 amide bonds. The van der Waals surface area contributed by atoms with Gasteiger partial charge in [0, 0.05) is 5.56 Å². The molecule has 4 heteroatoms. The van der Waals surface area contributed by atoms with Gasteiger partial charge >= 0.3 is 0 Å². The predicted octanol–water partition coefficient (Wildman–Crippen LogP) is 1.84. The summed E-state index contributed by atoms with van der Waals surface area (Å²) in [6.45, 7) is 3.00. The average molecular weight is 260 g/mol. The molecule has 0 bridgehead atoms. The highest BCUT2D eigenvalue weighted by Crippen LogP contribution is 2.39. The van der Waals surface area contributed by atoms with Gasteiger partial charge in [0.1, 0.15) is 17.9 Å². The van der Waals surface area contributed by atoms with Crippen LogP contribution >= 0.6 is 0 Å². The highest BCUT2D eigenvalue weighted by atomic mass is 16.5. The summed E-state index contributed by atoms with van der Waals surface area (Å²) in [5.74, 6) is 1.03. The van der Waals surface area contributed by atoms with E-state index in [1.54, 1.807) is 0 Å². The number of para-hydroxylation sites is 1. The van der Waals surface area contributed by atoms with Gasteiger partial charge in [-0.1, -0.05) is 25.1 Å². The zero-order chi connectivity index (χ0) is 13.7. The van der Waals surface area contributed by atoms with Gasteiger partial charge in [0.2, 0.25) is 0 Å². The van der Waals surface area contributed by atoms with E-state index in [2.05, 4.69) is 11.4 Å². The van der Waals surface area contributed by atoms with Crippen molar-refractivity contribution in [2.45, 2.75) is 31.9 Å². The Morgan fingerprint density at radius 1 is 1.47 bits per heavy atom. The molecular formula is C15H20N2O2. The lowest BCUT2D eigenvalue weighted by atomic mass is 9.96. The van der Waals surface area contributed by atoms with E-state index in [1.165, 1.54) is 0 Å². The van der Waals surface area contributed by atoms with Crippen molar-refractivity contribution in [2.75, 3.05) is 13.2 Å². The van der Waals surface area contributed by atoms with E-state index in [4.69, 9.17) is 4.74 Å². The Hall–Kier alpha value is -1.57. The topological polar surface area (TPSA) is 65.3 Å². The van der Waals surface area contributed by atoms with E-state index in [0.29, 0.717) is 18.3 Å². The first-order chi connectivity index (χ1) is 9.25. The molecule has 0 aliphatic heterocycles. The Morgan fingerprint density at radius 3 is 2.79 bits per heavy atom. The maximum atomic E-state index is 9.48. The van der Waals surface area contributed by atoms with Crippen LogP contribution in [0.5, 0.6) is 5.75 Å². The Kier molecular flexibility index (Phi) is 4.41. The van der Waals surface area contributed by atoms with Crippen molar-refractivity contribution >= 4 is 0 Å². The molecule has 102 valence electrons. The molecule has 0 radical (unpaired) electrons. The van der Waals surface area contributed by atoms with Crippen molar-refractivity contribution in [2.24, 2.45) is 5.92 Å². The fraction of sp³-hybridized carbons (Fsp3) is 0.533. The van der Waals surface area contributed by atoms with Gasteiger partial charge in [0.15, 0.2) is 0 Å². The maximum absolute atomic E-state index is 9.48. The summed E-state index contributed by atoms with van der Waals surface area (Å²) in [6, 6.07) is 9.77. The third-order valence-corrected chi connectivity index (χ3v) is 3.56. The van der Waals surface area contributed by atoms with Gasteiger partial charge in [-0.15, -0.1) is 0 Å². The lowest BCUT2D eigenvalue weighted by molar-refractivity contribution is 0.197. The van der Waals surface area contributed by atoms with Gasteiger partial charge in [-0.05, 0) is 31.4 Å². The number of nitrogens with one attached hydrogen (secondary N) is 1. The van der Waals surface area contributed by atoms with E-state index in [1.807, 2.05) is 31.2 Å². The van der Waals surface area contributed by atoms with Gasteiger partial charge in [-0.2, -0.15) is 5.26 Å².